The van der Waals surface area contributed by atoms with Crippen molar-refractivity contribution < 1.29 is 9.90 Å². The normalized spacial score (nSPS) is 19.6. The van der Waals surface area contributed by atoms with Gasteiger partial charge in [-0.2, -0.15) is 0 Å². The number of H-pyrrole nitrogens is 1. The summed E-state index contributed by atoms with van der Waals surface area (Å²) in [5.41, 5.74) is 2.02. The molecule has 0 saturated heterocycles. The Morgan fingerprint density at radius 2 is 1.94 bits per heavy atom. The first kappa shape index (κ1) is 21.3. The highest BCUT2D eigenvalue weighted by Gasteiger charge is 2.32. The van der Waals surface area contributed by atoms with E-state index in [2.05, 4.69) is 25.8 Å². The Morgan fingerprint density at radius 1 is 1.23 bits per heavy atom. The van der Waals surface area contributed by atoms with Gasteiger partial charge in [0.15, 0.2) is 11.3 Å². The van der Waals surface area contributed by atoms with E-state index in [1.165, 1.54) is 12.1 Å². The summed E-state index contributed by atoms with van der Waals surface area (Å²) in [6.07, 6.45) is 4.99. The lowest BCUT2D eigenvalue weighted by molar-refractivity contribution is 0.0697. The Hall–Kier alpha value is -2.96. The number of aromatic carboxylic acids is 1. The minimum absolute atomic E-state index is 0.154. The lowest BCUT2D eigenvalue weighted by Gasteiger charge is -2.36. The van der Waals surface area contributed by atoms with Crippen molar-refractivity contribution in [1.82, 2.24) is 19.6 Å². The highest BCUT2D eigenvalue weighted by Crippen LogP contribution is 2.43. The summed E-state index contributed by atoms with van der Waals surface area (Å²) in [5, 5.41) is 14.0. The zero-order valence-electron chi connectivity index (χ0n) is 18.6. The summed E-state index contributed by atoms with van der Waals surface area (Å²) < 4.78 is 1.71. The lowest BCUT2D eigenvalue weighted by atomic mass is 9.70. The lowest BCUT2D eigenvalue weighted by Crippen LogP contribution is -2.26. The summed E-state index contributed by atoms with van der Waals surface area (Å²) in [7, 11) is 0. The van der Waals surface area contributed by atoms with Crippen molar-refractivity contribution in [3.8, 4) is 11.4 Å². The number of fused-ring (bicyclic) bond motifs is 1. The number of hydrogen-bond acceptors (Lipinski definition) is 4. The van der Waals surface area contributed by atoms with Crippen LogP contribution in [0, 0.1) is 11.3 Å². The third kappa shape index (κ3) is 4.01. The topological polar surface area (TPSA) is 100 Å². The van der Waals surface area contributed by atoms with E-state index in [1.807, 2.05) is 6.92 Å². The standard InChI is InChI=1S/C24H30N4O3/c1-5-18-19-22(29)26-20(15-7-6-8-16(13-15)23(30)31)27-28(19)21(25-18)14-9-11-17(12-10-14)24(2,3)4/h6-8,13-14,17H,5,9-12H2,1-4H3,(H,30,31)(H,26,27,29)/t14-,17+. The number of carboxylic acids is 1. The number of carboxylic acid groups (broad SMARTS) is 1. The van der Waals surface area contributed by atoms with E-state index in [0.29, 0.717) is 34.7 Å². The summed E-state index contributed by atoms with van der Waals surface area (Å²) in [6.45, 7) is 8.90. The number of benzene rings is 1. The maximum Gasteiger partial charge on any atom is 0.335 e. The third-order valence-electron chi connectivity index (χ3n) is 6.63. The first-order chi connectivity index (χ1) is 14.7. The second kappa shape index (κ2) is 7.94. The van der Waals surface area contributed by atoms with E-state index < -0.39 is 5.97 Å². The van der Waals surface area contributed by atoms with Crippen LogP contribution in [0.15, 0.2) is 29.1 Å². The van der Waals surface area contributed by atoms with E-state index in [4.69, 9.17) is 10.1 Å². The Kier molecular flexibility index (Phi) is 5.45. The fourth-order valence-electron chi connectivity index (χ4n) is 4.75. The number of nitrogens with zero attached hydrogens (tertiary/aromatic N) is 3. The molecule has 0 atom stereocenters. The van der Waals surface area contributed by atoms with Gasteiger partial charge >= 0.3 is 5.97 Å². The van der Waals surface area contributed by atoms with Gasteiger partial charge in [-0.3, -0.25) is 4.79 Å². The number of aryl methyl sites for hydroxylation is 1. The van der Waals surface area contributed by atoms with Crippen molar-refractivity contribution in [2.24, 2.45) is 11.3 Å². The van der Waals surface area contributed by atoms with Crippen LogP contribution in [0.2, 0.25) is 0 Å². The van der Waals surface area contributed by atoms with Crippen LogP contribution < -0.4 is 5.56 Å². The Morgan fingerprint density at radius 3 is 2.55 bits per heavy atom. The van der Waals surface area contributed by atoms with Crippen molar-refractivity contribution in [2.45, 2.75) is 65.7 Å². The molecule has 7 nitrogen and oxygen atoms in total. The van der Waals surface area contributed by atoms with Gasteiger partial charge in [0.2, 0.25) is 0 Å². The highest BCUT2D eigenvalue weighted by molar-refractivity contribution is 5.89. The van der Waals surface area contributed by atoms with Gasteiger partial charge in [0.25, 0.3) is 5.56 Å². The minimum Gasteiger partial charge on any atom is -0.478 e. The van der Waals surface area contributed by atoms with E-state index >= 15 is 0 Å². The molecule has 0 amide bonds. The Bertz CT molecular complexity index is 1180. The average Bonchev–Trinajstić information content (AvgIpc) is 3.12. The highest BCUT2D eigenvalue weighted by atomic mass is 16.4. The summed E-state index contributed by atoms with van der Waals surface area (Å²) in [6, 6.07) is 6.46. The summed E-state index contributed by atoms with van der Waals surface area (Å²) in [5.74, 6) is 1.13. The van der Waals surface area contributed by atoms with Crippen LogP contribution in [0.3, 0.4) is 0 Å². The predicted molar refractivity (Wildman–Crippen MR) is 120 cm³/mol. The number of rotatable bonds is 4. The SMILES string of the molecule is CCc1nc([C@H]2CC[C@@H](C(C)(C)C)CC2)n2nc(-c3cccc(C(=O)O)c3)[nH]c(=O)c12. The maximum absolute atomic E-state index is 13.0. The fourth-order valence-corrected chi connectivity index (χ4v) is 4.75. The van der Waals surface area contributed by atoms with E-state index in [0.717, 1.165) is 37.2 Å². The second-order valence-electron chi connectivity index (χ2n) is 9.63. The number of carbonyl (C=O) groups is 1. The third-order valence-corrected chi connectivity index (χ3v) is 6.63. The van der Waals surface area contributed by atoms with Gasteiger partial charge in [-0.1, -0.05) is 39.8 Å². The van der Waals surface area contributed by atoms with Crippen molar-refractivity contribution in [1.29, 1.82) is 0 Å². The molecule has 164 valence electrons. The molecule has 1 aliphatic rings. The molecule has 31 heavy (non-hydrogen) atoms. The molecular weight excluding hydrogens is 392 g/mol. The molecule has 4 rings (SSSR count). The second-order valence-corrected chi connectivity index (χ2v) is 9.63. The van der Waals surface area contributed by atoms with Gasteiger partial charge in [-0.05, 0) is 55.6 Å². The molecule has 1 saturated carbocycles. The summed E-state index contributed by atoms with van der Waals surface area (Å²) >= 11 is 0. The molecule has 0 spiro atoms. The average molecular weight is 423 g/mol. The number of imidazole rings is 1. The Labute approximate surface area is 181 Å². The molecule has 2 heterocycles. The van der Waals surface area contributed by atoms with Crippen molar-refractivity contribution in [3.63, 3.8) is 0 Å². The van der Waals surface area contributed by atoms with Gasteiger partial charge in [-0.15, -0.1) is 5.10 Å². The molecular formula is C24H30N4O3. The first-order valence-corrected chi connectivity index (χ1v) is 11.0. The molecule has 1 aromatic carbocycles. The number of aromatic nitrogens is 4. The van der Waals surface area contributed by atoms with Crippen LogP contribution in [-0.4, -0.2) is 30.7 Å². The van der Waals surface area contributed by atoms with Crippen LogP contribution >= 0.6 is 0 Å². The monoisotopic (exact) mass is 422 g/mol. The molecule has 0 unspecified atom stereocenters. The molecule has 0 radical (unpaired) electrons. The van der Waals surface area contributed by atoms with Gasteiger partial charge < -0.3 is 10.1 Å². The van der Waals surface area contributed by atoms with Gasteiger partial charge in [-0.25, -0.2) is 14.3 Å². The van der Waals surface area contributed by atoms with Crippen LogP contribution in [0.5, 0.6) is 0 Å². The maximum atomic E-state index is 13.0. The van der Waals surface area contributed by atoms with Crippen LogP contribution in [0.1, 0.15) is 81.2 Å². The smallest absolute Gasteiger partial charge is 0.335 e. The number of aromatic amines is 1. The molecule has 7 heteroatoms. The van der Waals surface area contributed by atoms with Crippen molar-refractivity contribution in [2.75, 3.05) is 0 Å². The fraction of sp³-hybridized carbons (Fsp3) is 0.500. The van der Waals surface area contributed by atoms with Gasteiger partial charge in [0.1, 0.15) is 5.82 Å². The van der Waals surface area contributed by atoms with Crippen LogP contribution in [0.4, 0.5) is 0 Å². The number of nitrogens with one attached hydrogen (secondary N) is 1. The molecule has 2 aromatic heterocycles. The predicted octanol–water partition coefficient (Wildman–Crippen LogP) is 4.67. The molecule has 2 N–H and O–H groups in total. The molecule has 0 bridgehead atoms. The minimum atomic E-state index is -1.02. The zero-order chi connectivity index (χ0) is 22.3. The van der Waals surface area contributed by atoms with Crippen molar-refractivity contribution >= 4 is 11.5 Å². The first-order valence-electron chi connectivity index (χ1n) is 11.0. The van der Waals surface area contributed by atoms with Gasteiger partial charge in [0, 0.05) is 11.5 Å². The summed E-state index contributed by atoms with van der Waals surface area (Å²) in [4.78, 5) is 32.0. The largest absolute Gasteiger partial charge is 0.478 e. The molecule has 1 aliphatic carbocycles. The molecule has 1 fully saturated rings. The van der Waals surface area contributed by atoms with Crippen LogP contribution in [0.25, 0.3) is 16.9 Å². The Balaban J connectivity index is 1.78. The number of hydrogen-bond donors (Lipinski definition) is 2. The quantitative estimate of drug-likeness (QED) is 0.637. The zero-order valence-corrected chi connectivity index (χ0v) is 18.6. The van der Waals surface area contributed by atoms with Crippen molar-refractivity contribution in [3.05, 3.63) is 51.7 Å². The van der Waals surface area contributed by atoms with E-state index in [1.54, 1.807) is 16.6 Å². The van der Waals surface area contributed by atoms with E-state index in [-0.39, 0.29) is 17.0 Å². The molecule has 0 aliphatic heterocycles. The van der Waals surface area contributed by atoms with Gasteiger partial charge in [0.05, 0.1) is 11.3 Å². The van der Waals surface area contributed by atoms with Crippen LogP contribution in [-0.2, 0) is 6.42 Å². The molecule has 3 aromatic rings. The van der Waals surface area contributed by atoms with E-state index in [9.17, 15) is 14.7 Å².